The second-order valence-corrected chi connectivity index (χ2v) is 14.6. The van der Waals surface area contributed by atoms with Crippen LogP contribution in [0.4, 0.5) is 9.59 Å². The van der Waals surface area contributed by atoms with E-state index in [9.17, 15) is 9.59 Å². The summed E-state index contributed by atoms with van der Waals surface area (Å²) in [5.74, 6) is 0. The van der Waals surface area contributed by atoms with Crippen LogP contribution in [0.2, 0.25) is 18.1 Å². The van der Waals surface area contributed by atoms with Crippen molar-refractivity contribution >= 4 is 20.5 Å². The van der Waals surface area contributed by atoms with Crippen molar-refractivity contribution in [2.45, 2.75) is 78.0 Å². The Morgan fingerprint density at radius 1 is 0.933 bits per heavy atom. The molecule has 0 saturated carbocycles. The van der Waals surface area contributed by atoms with E-state index in [2.05, 4.69) is 44.5 Å². The second-order valence-electron chi connectivity index (χ2n) is 9.83. The standard InChI is InChI=1S/C22H38N2O5Si/c1-21(2,3)28-20(26)24-15-18(29-30(7,8)22(4,5)6)14-23-19(25)27-16-17-12-10-9-11-13-17/h9-13,18H,14-16H2,1-8H3,(H,23,25)(H,24,26)/t18-/m0/s1. The molecule has 0 heterocycles. The van der Waals surface area contributed by atoms with Gasteiger partial charge in [-0.1, -0.05) is 51.1 Å². The van der Waals surface area contributed by atoms with Gasteiger partial charge in [0.1, 0.15) is 12.2 Å². The highest BCUT2D eigenvalue weighted by molar-refractivity contribution is 6.74. The van der Waals surface area contributed by atoms with Crippen LogP contribution in [0.15, 0.2) is 30.3 Å². The first-order chi connectivity index (χ1) is 13.7. The van der Waals surface area contributed by atoms with Crippen LogP contribution < -0.4 is 10.6 Å². The molecule has 8 heteroatoms. The van der Waals surface area contributed by atoms with Crippen molar-refractivity contribution in [3.05, 3.63) is 35.9 Å². The minimum absolute atomic E-state index is 0.00894. The van der Waals surface area contributed by atoms with Crippen molar-refractivity contribution in [3.8, 4) is 0 Å². The molecule has 0 aliphatic carbocycles. The van der Waals surface area contributed by atoms with E-state index in [0.717, 1.165) is 5.56 Å². The van der Waals surface area contributed by atoms with Crippen LogP contribution in [0.3, 0.4) is 0 Å². The summed E-state index contributed by atoms with van der Waals surface area (Å²) in [5.41, 5.74) is 0.327. The summed E-state index contributed by atoms with van der Waals surface area (Å²) in [7, 11) is -2.11. The summed E-state index contributed by atoms with van der Waals surface area (Å²) in [6.07, 6.45) is -1.44. The molecule has 0 unspecified atom stereocenters. The zero-order valence-corrected chi connectivity index (χ0v) is 20.6. The Morgan fingerprint density at radius 2 is 1.47 bits per heavy atom. The highest BCUT2D eigenvalue weighted by Gasteiger charge is 2.39. The molecule has 7 nitrogen and oxygen atoms in total. The summed E-state index contributed by atoms with van der Waals surface area (Å²) in [5, 5.41) is 5.47. The maximum atomic E-state index is 12.1. The van der Waals surface area contributed by atoms with Gasteiger partial charge in [0.15, 0.2) is 8.32 Å². The Balaban J connectivity index is 2.65. The van der Waals surface area contributed by atoms with E-state index in [4.69, 9.17) is 13.9 Å². The van der Waals surface area contributed by atoms with Gasteiger partial charge in [0, 0.05) is 13.1 Å². The van der Waals surface area contributed by atoms with E-state index in [0.29, 0.717) is 0 Å². The summed E-state index contributed by atoms with van der Waals surface area (Å²) in [4.78, 5) is 24.2. The van der Waals surface area contributed by atoms with E-state index in [1.165, 1.54) is 0 Å². The summed E-state index contributed by atoms with van der Waals surface area (Å²) < 4.78 is 16.9. The lowest BCUT2D eigenvalue weighted by Gasteiger charge is -2.39. The molecule has 0 radical (unpaired) electrons. The van der Waals surface area contributed by atoms with Crippen LogP contribution in [0, 0.1) is 0 Å². The highest BCUT2D eigenvalue weighted by atomic mass is 28.4. The first-order valence-corrected chi connectivity index (χ1v) is 13.2. The SMILES string of the molecule is CC(C)(C)OC(=O)NC[C@H](CNC(=O)OCc1ccccc1)O[Si](C)(C)C(C)(C)C. The van der Waals surface area contributed by atoms with Crippen molar-refractivity contribution in [1.29, 1.82) is 0 Å². The number of carbonyl (C=O) groups excluding carboxylic acids is 2. The van der Waals surface area contributed by atoms with Gasteiger partial charge < -0.3 is 24.5 Å². The van der Waals surface area contributed by atoms with Crippen LogP contribution >= 0.6 is 0 Å². The minimum Gasteiger partial charge on any atom is -0.445 e. The summed E-state index contributed by atoms with van der Waals surface area (Å²) >= 11 is 0. The normalized spacial score (nSPS) is 13.3. The fourth-order valence-electron chi connectivity index (χ4n) is 2.23. The van der Waals surface area contributed by atoms with E-state index >= 15 is 0 Å². The van der Waals surface area contributed by atoms with Crippen LogP contribution in [-0.2, 0) is 20.5 Å². The van der Waals surface area contributed by atoms with Gasteiger partial charge in [0.2, 0.25) is 0 Å². The molecule has 0 fully saturated rings. The smallest absolute Gasteiger partial charge is 0.407 e. The molecular formula is C22H38N2O5Si. The molecule has 30 heavy (non-hydrogen) atoms. The Bertz CT molecular complexity index is 681. The third-order valence-corrected chi connectivity index (χ3v) is 9.36. The average molecular weight is 439 g/mol. The molecule has 0 saturated heterocycles. The van der Waals surface area contributed by atoms with Gasteiger partial charge >= 0.3 is 12.2 Å². The van der Waals surface area contributed by atoms with Crippen LogP contribution in [0.1, 0.15) is 47.1 Å². The monoisotopic (exact) mass is 438 g/mol. The largest absolute Gasteiger partial charge is 0.445 e. The van der Waals surface area contributed by atoms with Crippen molar-refractivity contribution in [2.24, 2.45) is 0 Å². The summed E-state index contributed by atoms with van der Waals surface area (Å²) in [6, 6.07) is 9.47. The lowest BCUT2D eigenvalue weighted by Crippen LogP contribution is -2.51. The third-order valence-electron chi connectivity index (χ3n) is 4.83. The number of benzene rings is 1. The van der Waals surface area contributed by atoms with Crippen LogP contribution in [0.25, 0.3) is 0 Å². The van der Waals surface area contributed by atoms with Crippen LogP contribution in [-0.4, -0.2) is 45.3 Å². The lowest BCUT2D eigenvalue weighted by molar-refractivity contribution is 0.0496. The van der Waals surface area contributed by atoms with Gasteiger partial charge in [-0.3, -0.25) is 0 Å². The number of nitrogens with one attached hydrogen (secondary N) is 2. The Hall–Kier alpha value is -2.06. The lowest BCUT2D eigenvalue weighted by atomic mass is 10.2. The maximum Gasteiger partial charge on any atom is 0.407 e. The highest BCUT2D eigenvalue weighted by Crippen LogP contribution is 2.37. The molecule has 0 aliphatic heterocycles. The predicted octanol–water partition coefficient (Wildman–Crippen LogP) is 4.83. The van der Waals surface area contributed by atoms with E-state index < -0.39 is 32.2 Å². The molecule has 0 bridgehead atoms. The van der Waals surface area contributed by atoms with Crippen LogP contribution in [0.5, 0.6) is 0 Å². The van der Waals surface area contributed by atoms with Crippen molar-refractivity contribution in [2.75, 3.05) is 13.1 Å². The fourth-order valence-corrected chi connectivity index (χ4v) is 3.59. The molecule has 1 aromatic carbocycles. The van der Waals surface area contributed by atoms with E-state index in [1.54, 1.807) is 20.8 Å². The second kappa shape index (κ2) is 10.8. The molecule has 170 valence electrons. The van der Waals surface area contributed by atoms with E-state index in [1.807, 2.05) is 30.3 Å². The van der Waals surface area contributed by atoms with Gasteiger partial charge in [-0.2, -0.15) is 0 Å². The van der Waals surface area contributed by atoms with Crippen molar-refractivity contribution in [1.82, 2.24) is 10.6 Å². The number of amides is 2. The molecule has 2 amide bonds. The zero-order valence-electron chi connectivity index (χ0n) is 19.6. The minimum atomic E-state index is -2.11. The first-order valence-electron chi connectivity index (χ1n) is 10.3. The molecular weight excluding hydrogens is 400 g/mol. The number of ether oxygens (including phenoxy) is 2. The van der Waals surface area contributed by atoms with E-state index in [-0.39, 0.29) is 24.7 Å². The molecule has 0 aromatic heterocycles. The molecule has 0 aliphatic rings. The molecule has 1 aromatic rings. The maximum absolute atomic E-state index is 12.1. The van der Waals surface area contributed by atoms with Gasteiger partial charge in [-0.15, -0.1) is 0 Å². The van der Waals surface area contributed by atoms with Gasteiger partial charge in [-0.05, 0) is 44.5 Å². The molecule has 1 rings (SSSR count). The molecule has 0 spiro atoms. The Morgan fingerprint density at radius 3 is 1.97 bits per heavy atom. The van der Waals surface area contributed by atoms with Gasteiger partial charge in [-0.25, -0.2) is 9.59 Å². The Kier molecular flexibility index (Phi) is 9.36. The molecule has 1 atom stereocenters. The third kappa shape index (κ3) is 10.1. The molecule has 2 N–H and O–H groups in total. The number of hydrogen-bond acceptors (Lipinski definition) is 5. The number of carbonyl (C=O) groups is 2. The number of rotatable bonds is 8. The number of hydrogen-bond donors (Lipinski definition) is 2. The fraction of sp³-hybridized carbons (Fsp3) is 0.636. The van der Waals surface area contributed by atoms with Gasteiger partial charge in [0.25, 0.3) is 0 Å². The summed E-state index contributed by atoms with van der Waals surface area (Å²) in [6.45, 7) is 16.7. The van der Waals surface area contributed by atoms with Crippen molar-refractivity contribution < 1.29 is 23.5 Å². The number of alkyl carbamates (subject to hydrolysis) is 2. The topological polar surface area (TPSA) is 85.9 Å². The predicted molar refractivity (Wildman–Crippen MR) is 121 cm³/mol. The Labute approximate surface area is 182 Å². The first kappa shape index (κ1) is 26.0. The average Bonchev–Trinajstić information content (AvgIpc) is 2.60. The van der Waals surface area contributed by atoms with Gasteiger partial charge in [0.05, 0.1) is 6.10 Å². The quantitative estimate of drug-likeness (QED) is 0.568. The zero-order chi connectivity index (χ0) is 23.0. The van der Waals surface area contributed by atoms with Crippen molar-refractivity contribution in [3.63, 3.8) is 0 Å².